The highest BCUT2D eigenvalue weighted by Crippen LogP contribution is 2.27. The van der Waals surface area contributed by atoms with Crippen molar-refractivity contribution in [3.05, 3.63) is 77.4 Å². The molecule has 0 fully saturated rings. The van der Waals surface area contributed by atoms with Crippen molar-refractivity contribution in [3.63, 3.8) is 0 Å². The average molecular weight is 392 g/mol. The van der Waals surface area contributed by atoms with E-state index in [1.165, 1.54) is 0 Å². The van der Waals surface area contributed by atoms with Crippen molar-refractivity contribution in [2.75, 3.05) is 10.6 Å². The molecule has 0 bridgehead atoms. The van der Waals surface area contributed by atoms with Gasteiger partial charge in [-0.3, -0.25) is 0 Å². The Labute approximate surface area is 153 Å². The van der Waals surface area contributed by atoms with Gasteiger partial charge in [0, 0.05) is 22.0 Å². The van der Waals surface area contributed by atoms with Crippen LogP contribution in [-0.4, -0.2) is 15.0 Å². The summed E-state index contributed by atoms with van der Waals surface area (Å²) in [5.41, 5.74) is 2.49. The predicted molar refractivity (Wildman–Crippen MR) is 104 cm³/mol. The van der Waals surface area contributed by atoms with Crippen LogP contribution in [0, 0.1) is 0 Å². The molecule has 0 amide bonds. The number of aromatic nitrogens is 3. The molecule has 0 atom stereocenters. The molecule has 4 rings (SSSR count). The Morgan fingerprint density at radius 3 is 2.08 bits per heavy atom. The third-order valence-corrected chi connectivity index (χ3v) is 4.02. The largest absolute Gasteiger partial charge is 0.339 e. The van der Waals surface area contributed by atoms with Gasteiger partial charge in [-0.05, 0) is 46.3 Å². The van der Waals surface area contributed by atoms with Crippen molar-refractivity contribution in [3.8, 4) is 0 Å². The first-order valence-electron chi connectivity index (χ1n) is 7.75. The van der Waals surface area contributed by atoms with Crippen LogP contribution in [0.4, 0.5) is 23.1 Å². The lowest BCUT2D eigenvalue weighted by Gasteiger charge is -2.11. The summed E-state index contributed by atoms with van der Waals surface area (Å²) < 4.78 is 0.878. The minimum Gasteiger partial charge on any atom is -0.339 e. The highest BCUT2D eigenvalue weighted by atomic mass is 79.9. The molecular formula is C19H14BrN5. The molecule has 122 valence electrons. The van der Waals surface area contributed by atoms with Gasteiger partial charge < -0.3 is 10.6 Å². The van der Waals surface area contributed by atoms with Crippen molar-refractivity contribution >= 4 is 50.1 Å². The smallest absolute Gasteiger partial charge is 0.231 e. The van der Waals surface area contributed by atoms with Gasteiger partial charge in [-0.25, -0.2) is 4.98 Å². The molecule has 0 aliphatic rings. The van der Waals surface area contributed by atoms with E-state index in [9.17, 15) is 0 Å². The van der Waals surface area contributed by atoms with E-state index < -0.39 is 0 Å². The molecule has 0 saturated heterocycles. The summed E-state index contributed by atoms with van der Waals surface area (Å²) in [7, 11) is 0. The monoisotopic (exact) mass is 391 g/mol. The minimum atomic E-state index is 0.493. The second kappa shape index (κ2) is 6.86. The summed E-state index contributed by atoms with van der Waals surface area (Å²) in [6.45, 7) is 0. The van der Waals surface area contributed by atoms with Crippen LogP contribution in [0.3, 0.4) is 0 Å². The lowest BCUT2D eigenvalue weighted by Crippen LogP contribution is -2.03. The van der Waals surface area contributed by atoms with E-state index in [0.717, 1.165) is 21.2 Å². The zero-order valence-electron chi connectivity index (χ0n) is 13.1. The molecule has 5 nitrogen and oxygen atoms in total. The number of fused-ring (bicyclic) bond motifs is 1. The molecule has 6 heteroatoms. The van der Waals surface area contributed by atoms with Gasteiger partial charge >= 0.3 is 0 Å². The number of anilines is 4. The molecule has 25 heavy (non-hydrogen) atoms. The first kappa shape index (κ1) is 15.5. The molecule has 0 aliphatic heterocycles. The normalized spacial score (nSPS) is 10.6. The number of benzene rings is 2. The quantitative estimate of drug-likeness (QED) is 0.495. The van der Waals surface area contributed by atoms with Crippen molar-refractivity contribution in [2.24, 2.45) is 0 Å². The molecule has 2 heterocycles. The van der Waals surface area contributed by atoms with Gasteiger partial charge in [-0.2, -0.15) is 9.97 Å². The van der Waals surface area contributed by atoms with Crippen LogP contribution in [0.25, 0.3) is 11.0 Å². The Hall–Kier alpha value is -2.99. The Balaban J connectivity index is 1.79. The fourth-order valence-electron chi connectivity index (χ4n) is 2.45. The maximum atomic E-state index is 4.64. The van der Waals surface area contributed by atoms with Crippen molar-refractivity contribution in [1.29, 1.82) is 0 Å². The second-order valence-electron chi connectivity index (χ2n) is 5.40. The molecular weight excluding hydrogens is 378 g/mol. The summed E-state index contributed by atoms with van der Waals surface area (Å²) in [4.78, 5) is 13.6. The molecule has 2 aromatic carbocycles. The average Bonchev–Trinajstić information content (AvgIpc) is 2.64. The molecule has 4 aromatic rings. The molecule has 0 unspecified atom stereocenters. The number of halogens is 1. The highest BCUT2D eigenvalue weighted by molar-refractivity contribution is 9.10. The van der Waals surface area contributed by atoms with Crippen LogP contribution in [-0.2, 0) is 0 Å². The van der Waals surface area contributed by atoms with E-state index >= 15 is 0 Å². The summed E-state index contributed by atoms with van der Waals surface area (Å²) in [5, 5.41) is 7.42. The second-order valence-corrected chi connectivity index (χ2v) is 6.32. The number of rotatable bonds is 4. The van der Waals surface area contributed by atoms with Crippen molar-refractivity contribution in [1.82, 2.24) is 15.0 Å². The SMILES string of the molecule is Brc1cnc2nc(Nc3ccccc3)nc(Nc3ccccc3)c2c1. The van der Waals surface area contributed by atoms with Crippen molar-refractivity contribution < 1.29 is 0 Å². The standard InChI is InChI=1S/C19H14BrN5/c20-13-11-16-17(21-12-13)24-19(23-15-9-5-2-6-10-15)25-18(16)22-14-7-3-1-4-8-14/h1-12H,(H2,21,22,23,24,25). The van der Waals surface area contributed by atoms with E-state index in [0.29, 0.717) is 17.4 Å². The first-order chi connectivity index (χ1) is 12.3. The molecule has 2 N–H and O–H groups in total. The summed E-state index contributed by atoms with van der Waals surface area (Å²) in [5.74, 6) is 1.19. The predicted octanol–water partition coefficient (Wildman–Crippen LogP) is 5.27. The summed E-state index contributed by atoms with van der Waals surface area (Å²) in [6, 6.07) is 21.7. The van der Waals surface area contributed by atoms with E-state index in [2.05, 4.69) is 41.5 Å². The lowest BCUT2D eigenvalue weighted by molar-refractivity contribution is 1.17. The first-order valence-corrected chi connectivity index (χ1v) is 8.55. The molecule has 0 aliphatic carbocycles. The molecule has 2 aromatic heterocycles. The fourth-order valence-corrected chi connectivity index (χ4v) is 2.78. The lowest BCUT2D eigenvalue weighted by atomic mass is 10.3. The van der Waals surface area contributed by atoms with Crippen LogP contribution >= 0.6 is 15.9 Å². The van der Waals surface area contributed by atoms with E-state index in [1.54, 1.807) is 6.20 Å². The zero-order chi connectivity index (χ0) is 17.1. The Kier molecular flexibility index (Phi) is 4.26. The third kappa shape index (κ3) is 3.59. The van der Waals surface area contributed by atoms with Gasteiger partial charge in [0.25, 0.3) is 0 Å². The molecule has 0 saturated carbocycles. The summed E-state index contributed by atoms with van der Waals surface area (Å²) in [6.07, 6.45) is 1.73. The maximum absolute atomic E-state index is 4.64. The van der Waals surface area contributed by atoms with Crippen LogP contribution < -0.4 is 10.6 Å². The van der Waals surface area contributed by atoms with E-state index in [4.69, 9.17) is 0 Å². The van der Waals surface area contributed by atoms with Gasteiger partial charge in [-0.1, -0.05) is 36.4 Å². The van der Waals surface area contributed by atoms with E-state index in [1.807, 2.05) is 66.7 Å². The number of hydrogen-bond donors (Lipinski definition) is 2. The molecule has 0 spiro atoms. The summed E-state index contributed by atoms with van der Waals surface area (Å²) >= 11 is 3.46. The van der Waals surface area contributed by atoms with Crippen LogP contribution in [0.2, 0.25) is 0 Å². The Morgan fingerprint density at radius 2 is 1.40 bits per heavy atom. The van der Waals surface area contributed by atoms with Crippen molar-refractivity contribution in [2.45, 2.75) is 0 Å². The maximum Gasteiger partial charge on any atom is 0.231 e. The van der Waals surface area contributed by atoms with Gasteiger partial charge in [0.15, 0.2) is 5.65 Å². The highest BCUT2D eigenvalue weighted by Gasteiger charge is 2.10. The Morgan fingerprint density at radius 1 is 0.760 bits per heavy atom. The number of para-hydroxylation sites is 2. The number of nitrogens with zero attached hydrogens (tertiary/aromatic N) is 3. The third-order valence-electron chi connectivity index (χ3n) is 3.58. The molecule has 0 radical (unpaired) electrons. The van der Waals surface area contributed by atoms with E-state index in [-0.39, 0.29) is 0 Å². The number of nitrogens with one attached hydrogen (secondary N) is 2. The van der Waals surface area contributed by atoms with Gasteiger partial charge in [-0.15, -0.1) is 0 Å². The van der Waals surface area contributed by atoms with Gasteiger partial charge in [0.2, 0.25) is 5.95 Å². The van der Waals surface area contributed by atoms with Crippen LogP contribution in [0.15, 0.2) is 77.4 Å². The van der Waals surface area contributed by atoms with Gasteiger partial charge in [0.1, 0.15) is 5.82 Å². The number of pyridine rings is 1. The topological polar surface area (TPSA) is 62.7 Å². The fraction of sp³-hybridized carbons (Fsp3) is 0. The van der Waals surface area contributed by atoms with Crippen LogP contribution in [0.5, 0.6) is 0 Å². The Bertz CT molecular complexity index is 1010. The zero-order valence-corrected chi connectivity index (χ0v) is 14.7. The van der Waals surface area contributed by atoms with Crippen LogP contribution in [0.1, 0.15) is 0 Å². The van der Waals surface area contributed by atoms with Gasteiger partial charge in [0.05, 0.1) is 5.39 Å². The minimum absolute atomic E-state index is 0.493. The number of hydrogen-bond acceptors (Lipinski definition) is 5.